The van der Waals surface area contributed by atoms with Gasteiger partial charge in [-0.05, 0) is 75.5 Å². The van der Waals surface area contributed by atoms with Gasteiger partial charge < -0.3 is 4.74 Å². The Bertz CT molecular complexity index is 1000. The molecule has 130 valence electrons. The van der Waals surface area contributed by atoms with Crippen LogP contribution in [-0.4, -0.2) is 35.7 Å². The first-order valence-corrected chi connectivity index (χ1v) is 9.66. The van der Waals surface area contributed by atoms with Crippen LogP contribution < -0.4 is 9.46 Å². The molecule has 0 aliphatic heterocycles. The molecular weight excluding hydrogens is 457 g/mol. The molecule has 0 fully saturated rings. The molecule has 0 unspecified atom stereocenters. The molecule has 3 rings (SSSR count). The molecule has 0 saturated heterocycles. The molecule has 1 N–H and O–H groups in total. The fraction of sp³-hybridized carbons (Fsp3) is 0.133. The molecule has 3 aromatic rings. The zero-order valence-electron chi connectivity index (χ0n) is 13.3. The molecule has 0 radical (unpaired) electrons. The summed E-state index contributed by atoms with van der Waals surface area (Å²) in [5.74, 6) is 0.685. The quantitative estimate of drug-likeness (QED) is 0.574. The highest BCUT2D eigenvalue weighted by Gasteiger charge is 2.22. The first-order valence-electron chi connectivity index (χ1n) is 7.10. The van der Waals surface area contributed by atoms with E-state index in [2.05, 4.69) is 42.8 Å². The largest absolute Gasteiger partial charge is 0.495 e. The van der Waals surface area contributed by atoms with Gasteiger partial charge in [0.15, 0.2) is 5.82 Å². The predicted molar refractivity (Wildman–Crippen MR) is 101 cm³/mol. The number of aryl methyl sites for hydroxylation is 1. The van der Waals surface area contributed by atoms with E-state index in [4.69, 9.17) is 4.74 Å². The van der Waals surface area contributed by atoms with Gasteiger partial charge in [0.25, 0.3) is 10.0 Å². The van der Waals surface area contributed by atoms with E-state index in [9.17, 15) is 8.42 Å². The van der Waals surface area contributed by atoms with E-state index in [-0.39, 0.29) is 10.6 Å². The number of ether oxygens (including phenoxy) is 1. The third-order valence-electron chi connectivity index (χ3n) is 3.43. The van der Waals surface area contributed by atoms with Gasteiger partial charge in [-0.2, -0.15) is 0 Å². The molecule has 0 aliphatic rings. The van der Waals surface area contributed by atoms with Gasteiger partial charge in [0, 0.05) is 21.9 Å². The van der Waals surface area contributed by atoms with Crippen molar-refractivity contribution in [2.75, 3.05) is 11.8 Å². The number of hydrogen-bond donors (Lipinski definition) is 1. The molecule has 25 heavy (non-hydrogen) atoms. The second-order valence-corrected chi connectivity index (χ2v) is 8.00. The van der Waals surface area contributed by atoms with Gasteiger partial charge in [-0.1, -0.05) is 0 Å². The van der Waals surface area contributed by atoms with Gasteiger partial charge in [-0.3, -0.25) is 4.72 Å². The minimum absolute atomic E-state index is 0.00838. The molecule has 8 nitrogen and oxygen atoms in total. The van der Waals surface area contributed by atoms with Crippen LogP contribution in [-0.2, 0) is 17.1 Å². The lowest BCUT2D eigenvalue weighted by molar-refractivity contribution is 0.403. The summed E-state index contributed by atoms with van der Waals surface area (Å²) < 4.78 is 35.9. The number of benzene rings is 2. The van der Waals surface area contributed by atoms with E-state index in [1.165, 1.54) is 17.9 Å². The van der Waals surface area contributed by atoms with Crippen LogP contribution in [0.2, 0.25) is 0 Å². The lowest BCUT2D eigenvalue weighted by Crippen LogP contribution is -2.14. The monoisotopic (exact) mass is 471 g/mol. The Balaban J connectivity index is 2.04. The third kappa shape index (κ3) is 3.74. The Morgan fingerprint density at radius 3 is 2.48 bits per heavy atom. The molecule has 0 amide bonds. The minimum Gasteiger partial charge on any atom is -0.495 e. The summed E-state index contributed by atoms with van der Waals surface area (Å²) in [6.07, 6.45) is 0. The lowest BCUT2D eigenvalue weighted by Gasteiger charge is -2.13. The zero-order valence-corrected chi connectivity index (χ0v) is 16.3. The smallest absolute Gasteiger partial charge is 0.265 e. The zero-order chi connectivity index (χ0) is 18.0. The number of methoxy groups -OCH3 is 1. The van der Waals surface area contributed by atoms with E-state index < -0.39 is 10.0 Å². The number of rotatable bonds is 5. The Kier molecular flexibility index (Phi) is 4.90. The average Bonchev–Trinajstić information content (AvgIpc) is 3.02. The Morgan fingerprint density at radius 1 is 1.16 bits per heavy atom. The molecule has 0 spiro atoms. The summed E-state index contributed by atoms with van der Waals surface area (Å²) in [5, 5.41) is 11.2. The topological polar surface area (TPSA) is 99.0 Å². The summed E-state index contributed by atoms with van der Waals surface area (Å²) in [5.41, 5.74) is 1.03. The number of anilines is 1. The SMILES string of the molecule is COc1ccc(-c2nnnn2C)cc1S(=O)(=O)Nc1ccc(I)cc1. The maximum atomic E-state index is 12.8. The average molecular weight is 471 g/mol. The van der Waals surface area contributed by atoms with Crippen LogP contribution in [0.25, 0.3) is 11.4 Å². The van der Waals surface area contributed by atoms with Crippen LogP contribution in [0.1, 0.15) is 0 Å². The van der Waals surface area contributed by atoms with Crippen molar-refractivity contribution in [2.45, 2.75) is 4.90 Å². The van der Waals surface area contributed by atoms with Gasteiger partial charge in [-0.15, -0.1) is 5.10 Å². The standard InChI is InChI=1S/C15H14IN5O3S/c1-21-15(17-19-20-21)10-3-8-13(24-2)14(9-10)25(22,23)18-12-6-4-11(16)5-7-12/h3-9,18H,1-2H3. The Morgan fingerprint density at radius 2 is 1.88 bits per heavy atom. The van der Waals surface area contributed by atoms with Crippen LogP contribution in [0.5, 0.6) is 5.75 Å². The molecule has 1 aromatic heterocycles. The molecule has 0 bridgehead atoms. The fourth-order valence-electron chi connectivity index (χ4n) is 2.23. The highest BCUT2D eigenvalue weighted by Crippen LogP contribution is 2.30. The highest BCUT2D eigenvalue weighted by atomic mass is 127. The van der Waals surface area contributed by atoms with Gasteiger partial charge in [0.2, 0.25) is 0 Å². The predicted octanol–water partition coefficient (Wildman–Crippen LogP) is 2.29. The Hall–Kier alpha value is -2.21. The number of halogens is 1. The summed E-state index contributed by atoms with van der Waals surface area (Å²) in [7, 11) is -0.753. The first-order chi connectivity index (χ1) is 11.9. The molecule has 0 saturated carbocycles. The van der Waals surface area contributed by atoms with Crippen LogP contribution in [0.15, 0.2) is 47.4 Å². The number of tetrazole rings is 1. The van der Waals surface area contributed by atoms with Crippen molar-refractivity contribution in [3.05, 3.63) is 46.0 Å². The summed E-state index contributed by atoms with van der Waals surface area (Å²) in [6.45, 7) is 0. The molecule has 0 atom stereocenters. The van der Waals surface area contributed by atoms with Crippen molar-refractivity contribution in [3.63, 3.8) is 0 Å². The number of aromatic nitrogens is 4. The van der Waals surface area contributed by atoms with Crippen molar-refractivity contribution in [1.29, 1.82) is 0 Å². The van der Waals surface area contributed by atoms with Crippen molar-refractivity contribution in [3.8, 4) is 17.1 Å². The highest BCUT2D eigenvalue weighted by molar-refractivity contribution is 14.1. The van der Waals surface area contributed by atoms with Crippen LogP contribution >= 0.6 is 22.6 Å². The number of sulfonamides is 1. The van der Waals surface area contributed by atoms with Gasteiger partial charge in [-0.25, -0.2) is 13.1 Å². The van der Waals surface area contributed by atoms with E-state index in [0.717, 1.165) is 3.57 Å². The number of nitrogens with zero attached hydrogens (tertiary/aromatic N) is 4. The molecule has 1 heterocycles. The Labute approximate surface area is 158 Å². The summed E-state index contributed by atoms with van der Waals surface area (Å²) in [4.78, 5) is 0.00838. The lowest BCUT2D eigenvalue weighted by atomic mass is 10.2. The fourth-order valence-corrected chi connectivity index (χ4v) is 3.84. The van der Waals surface area contributed by atoms with Crippen molar-refractivity contribution in [2.24, 2.45) is 7.05 Å². The van der Waals surface area contributed by atoms with E-state index in [0.29, 0.717) is 17.1 Å². The number of hydrogen-bond acceptors (Lipinski definition) is 6. The number of nitrogens with one attached hydrogen (secondary N) is 1. The first kappa shape index (κ1) is 17.6. The molecular formula is C15H14IN5O3S. The van der Waals surface area contributed by atoms with Crippen molar-refractivity contribution < 1.29 is 13.2 Å². The van der Waals surface area contributed by atoms with Gasteiger partial charge in [0.1, 0.15) is 10.6 Å². The van der Waals surface area contributed by atoms with E-state index >= 15 is 0 Å². The molecule has 0 aliphatic carbocycles. The normalized spacial score (nSPS) is 11.3. The van der Waals surface area contributed by atoms with E-state index in [1.807, 2.05) is 12.1 Å². The van der Waals surface area contributed by atoms with Crippen LogP contribution in [0, 0.1) is 3.57 Å². The van der Waals surface area contributed by atoms with Gasteiger partial charge in [0.05, 0.1) is 7.11 Å². The van der Waals surface area contributed by atoms with Crippen LogP contribution in [0.3, 0.4) is 0 Å². The maximum Gasteiger partial charge on any atom is 0.265 e. The van der Waals surface area contributed by atoms with Crippen molar-refractivity contribution >= 4 is 38.3 Å². The van der Waals surface area contributed by atoms with Gasteiger partial charge >= 0.3 is 0 Å². The summed E-state index contributed by atoms with van der Waals surface area (Å²) >= 11 is 2.15. The third-order valence-corrected chi connectivity index (χ3v) is 5.55. The second-order valence-electron chi connectivity index (χ2n) is 5.10. The van der Waals surface area contributed by atoms with Crippen LogP contribution in [0.4, 0.5) is 5.69 Å². The van der Waals surface area contributed by atoms with E-state index in [1.54, 1.807) is 31.3 Å². The summed E-state index contributed by atoms with van der Waals surface area (Å²) in [6, 6.07) is 11.8. The van der Waals surface area contributed by atoms with Crippen molar-refractivity contribution in [1.82, 2.24) is 20.2 Å². The molecule has 10 heteroatoms. The second kappa shape index (κ2) is 6.96. The molecule has 2 aromatic carbocycles. The minimum atomic E-state index is -3.85. The maximum absolute atomic E-state index is 12.8.